The lowest BCUT2D eigenvalue weighted by Crippen LogP contribution is -2.33. The fourth-order valence-electron chi connectivity index (χ4n) is 1.87. The van der Waals surface area contributed by atoms with Gasteiger partial charge in [-0.3, -0.25) is 10.1 Å². The number of aromatic nitrogens is 2. The summed E-state index contributed by atoms with van der Waals surface area (Å²) >= 11 is 0. The van der Waals surface area contributed by atoms with Crippen molar-refractivity contribution in [1.29, 1.82) is 0 Å². The standard InChI is InChI=1S/C16H22N4O3/c1-4-16(2,3)23-13(21)9-10-17-15(22)20-14-18-11-7-5-6-8-12(11)19-14/h5-8H,4,9-10H2,1-3H3,(H3,17,18,19,20,22). The van der Waals surface area contributed by atoms with Gasteiger partial charge in [-0.2, -0.15) is 0 Å². The van der Waals surface area contributed by atoms with Crippen LogP contribution in [-0.4, -0.2) is 34.1 Å². The second-order valence-corrected chi connectivity index (χ2v) is 5.82. The van der Waals surface area contributed by atoms with Crippen molar-refractivity contribution in [1.82, 2.24) is 15.3 Å². The lowest BCUT2D eigenvalue weighted by atomic mass is 10.1. The number of urea groups is 1. The van der Waals surface area contributed by atoms with E-state index in [2.05, 4.69) is 20.6 Å². The minimum atomic E-state index is -0.479. The van der Waals surface area contributed by atoms with Crippen LogP contribution in [0.25, 0.3) is 11.0 Å². The van der Waals surface area contributed by atoms with E-state index in [9.17, 15) is 9.59 Å². The average Bonchev–Trinajstić information content (AvgIpc) is 2.88. The fraction of sp³-hybridized carbons (Fsp3) is 0.438. The Bertz CT molecular complexity index is 660. The van der Waals surface area contributed by atoms with Gasteiger partial charge in [-0.1, -0.05) is 19.1 Å². The van der Waals surface area contributed by atoms with Gasteiger partial charge in [0.2, 0.25) is 5.95 Å². The zero-order chi connectivity index (χ0) is 16.9. The molecule has 0 spiro atoms. The molecule has 0 saturated carbocycles. The van der Waals surface area contributed by atoms with Gasteiger partial charge in [0.05, 0.1) is 17.5 Å². The Morgan fingerprint density at radius 1 is 1.30 bits per heavy atom. The second kappa shape index (κ2) is 7.13. The first kappa shape index (κ1) is 16.8. The summed E-state index contributed by atoms with van der Waals surface area (Å²) < 4.78 is 5.30. The Hall–Kier alpha value is -2.57. The first-order valence-electron chi connectivity index (χ1n) is 7.61. The molecule has 23 heavy (non-hydrogen) atoms. The molecule has 2 rings (SSSR count). The van der Waals surface area contributed by atoms with Crippen molar-refractivity contribution >= 4 is 29.0 Å². The number of carbonyl (C=O) groups is 2. The number of anilines is 1. The number of esters is 1. The predicted octanol–water partition coefficient (Wildman–Crippen LogP) is 2.81. The Labute approximate surface area is 134 Å². The number of rotatable bonds is 6. The molecule has 0 aliphatic rings. The molecule has 0 saturated heterocycles. The molecule has 7 heteroatoms. The van der Waals surface area contributed by atoms with Crippen LogP contribution in [0.5, 0.6) is 0 Å². The first-order chi connectivity index (χ1) is 10.9. The number of benzene rings is 1. The number of aromatic amines is 1. The average molecular weight is 318 g/mol. The maximum Gasteiger partial charge on any atom is 0.321 e. The van der Waals surface area contributed by atoms with Gasteiger partial charge in [0.25, 0.3) is 0 Å². The molecule has 0 aliphatic heterocycles. The van der Waals surface area contributed by atoms with Gasteiger partial charge in [-0.25, -0.2) is 9.78 Å². The number of para-hydroxylation sites is 2. The normalized spacial score (nSPS) is 11.3. The molecule has 1 aromatic heterocycles. The number of nitrogens with zero attached hydrogens (tertiary/aromatic N) is 1. The molecular weight excluding hydrogens is 296 g/mol. The van der Waals surface area contributed by atoms with Crippen molar-refractivity contribution in [2.24, 2.45) is 0 Å². The van der Waals surface area contributed by atoms with E-state index in [0.29, 0.717) is 5.95 Å². The Morgan fingerprint density at radius 2 is 2.04 bits per heavy atom. The van der Waals surface area contributed by atoms with Crippen molar-refractivity contribution in [2.45, 2.75) is 39.2 Å². The van der Waals surface area contributed by atoms with E-state index < -0.39 is 11.6 Å². The monoisotopic (exact) mass is 318 g/mol. The van der Waals surface area contributed by atoms with E-state index in [1.807, 2.05) is 45.0 Å². The van der Waals surface area contributed by atoms with Crippen LogP contribution < -0.4 is 10.6 Å². The highest BCUT2D eigenvalue weighted by molar-refractivity contribution is 5.90. The van der Waals surface area contributed by atoms with E-state index in [4.69, 9.17) is 4.74 Å². The third-order valence-electron chi connectivity index (χ3n) is 3.48. The zero-order valence-corrected chi connectivity index (χ0v) is 13.6. The lowest BCUT2D eigenvalue weighted by Gasteiger charge is -2.23. The van der Waals surface area contributed by atoms with Gasteiger partial charge in [0, 0.05) is 6.54 Å². The molecule has 0 radical (unpaired) electrons. The van der Waals surface area contributed by atoms with Gasteiger partial charge in [0.1, 0.15) is 5.60 Å². The Kier molecular flexibility index (Phi) is 5.20. The number of nitrogens with one attached hydrogen (secondary N) is 3. The van der Waals surface area contributed by atoms with E-state index >= 15 is 0 Å². The van der Waals surface area contributed by atoms with Crippen molar-refractivity contribution in [3.05, 3.63) is 24.3 Å². The topological polar surface area (TPSA) is 96.1 Å². The number of hydrogen-bond donors (Lipinski definition) is 3. The van der Waals surface area contributed by atoms with E-state index in [-0.39, 0.29) is 18.9 Å². The minimum Gasteiger partial charge on any atom is -0.460 e. The van der Waals surface area contributed by atoms with Crippen LogP contribution in [0.1, 0.15) is 33.6 Å². The number of hydrogen-bond acceptors (Lipinski definition) is 4. The summed E-state index contributed by atoms with van der Waals surface area (Å²) in [4.78, 5) is 30.7. The number of carbonyl (C=O) groups excluding carboxylic acids is 2. The van der Waals surface area contributed by atoms with Crippen LogP contribution in [0.2, 0.25) is 0 Å². The molecule has 1 aromatic carbocycles. The molecule has 0 aliphatic carbocycles. The van der Waals surface area contributed by atoms with Gasteiger partial charge in [0.15, 0.2) is 0 Å². The SMILES string of the molecule is CCC(C)(C)OC(=O)CCNC(=O)Nc1nc2ccccc2[nH]1. The molecule has 2 aromatic rings. The summed E-state index contributed by atoms with van der Waals surface area (Å²) in [5, 5.41) is 5.19. The molecule has 2 amide bonds. The van der Waals surface area contributed by atoms with E-state index in [1.54, 1.807) is 0 Å². The molecule has 0 unspecified atom stereocenters. The van der Waals surface area contributed by atoms with Crippen LogP contribution in [0.15, 0.2) is 24.3 Å². The van der Waals surface area contributed by atoms with Crippen LogP contribution in [-0.2, 0) is 9.53 Å². The minimum absolute atomic E-state index is 0.122. The van der Waals surface area contributed by atoms with Crippen molar-refractivity contribution in [3.63, 3.8) is 0 Å². The zero-order valence-electron chi connectivity index (χ0n) is 13.6. The highest BCUT2D eigenvalue weighted by atomic mass is 16.6. The highest BCUT2D eigenvalue weighted by Crippen LogP contribution is 2.14. The summed E-state index contributed by atoms with van der Waals surface area (Å²) in [6, 6.07) is 7.05. The number of fused-ring (bicyclic) bond motifs is 1. The van der Waals surface area contributed by atoms with Crippen molar-refractivity contribution in [3.8, 4) is 0 Å². The van der Waals surface area contributed by atoms with Crippen LogP contribution >= 0.6 is 0 Å². The van der Waals surface area contributed by atoms with Gasteiger partial charge < -0.3 is 15.0 Å². The number of ether oxygens (including phenoxy) is 1. The molecule has 124 valence electrons. The molecule has 1 heterocycles. The quantitative estimate of drug-likeness (QED) is 0.714. The molecule has 7 nitrogen and oxygen atoms in total. The number of imidazole rings is 1. The molecule has 0 atom stereocenters. The third kappa shape index (κ3) is 4.98. The first-order valence-corrected chi connectivity index (χ1v) is 7.61. The molecular formula is C16H22N4O3. The summed E-state index contributed by atoms with van der Waals surface area (Å²) in [6.45, 7) is 5.86. The maximum absolute atomic E-state index is 11.8. The largest absolute Gasteiger partial charge is 0.460 e. The summed E-state index contributed by atoms with van der Waals surface area (Å²) in [5.74, 6) is 0.0271. The number of H-pyrrole nitrogens is 1. The fourth-order valence-corrected chi connectivity index (χ4v) is 1.87. The Morgan fingerprint density at radius 3 is 2.74 bits per heavy atom. The van der Waals surface area contributed by atoms with E-state index in [1.165, 1.54) is 0 Å². The maximum atomic E-state index is 11.8. The van der Waals surface area contributed by atoms with E-state index in [0.717, 1.165) is 17.5 Å². The number of amides is 2. The Balaban J connectivity index is 1.76. The lowest BCUT2D eigenvalue weighted by molar-refractivity contribution is -0.156. The van der Waals surface area contributed by atoms with Crippen LogP contribution in [0.3, 0.4) is 0 Å². The van der Waals surface area contributed by atoms with Gasteiger partial charge in [-0.15, -0.1) is 0 Å². The van der Waals surface area contributed by atoms with Crippen LogP contribution in [0.4, 0.5) is 10.7 Å². The highest BCUT2D eigenvalue weighted by Gasteiger charge is 2.20. The second-order valence-electron chi connectivity index (χ2n) is 5.82. The smallest absolute Gasteiger partial charge is 0.321 e. The molecule has 0 fully saturated rings. The molecule has 0 bridgehead atoms. The summed E-state index contributed by atoms with van der Waals surface area (Å²) in [7, 11) is 0. The molecule has 3 N–H and O–H groups in total. The summed E-state index contributed by atoms with van der Waals surface area (Å²) in [5.41, 5.74) is 1.13. The van der Waals surface area contributed by atoms with Gasteiger partial charge in [-0.05, 0) is 32.4 Å². The van der Waals surface area contributed by atoms with Crippen molar-refractivity contribution < 1.29 is 14.3 Å². The van der Waals surface area contributed by atoms with Crippen molar-refractivity contribution in [2.75, 3.05) is 11.9 Å². The third-order valence-corrected chi connectivity index (χ3v) is 3.48. The predicted molar refractivity (Wildman–Crippen MR) is 88.2 cm³/mol. The summed E-state index contributed by atoms with van der Waals surface area (Å²) in [6.07, 6.45) is 0.857. The van der Waals surface area contributed by atoms with Crippen LogP contribution in [0, 0.1) is 0 Å². The van der Waals surface area contributed by atoms with Gasteiger partial charge >= 0.3 is 12.0 Å².